The van der Waals surface area contributed by atoms with Gasteiger partial charge < -0.3 is 5.11 Å². The van der Waals surface area contributed by atoms with Gasteiger partial charge in [0.05, 0.1) is 0 Å². The molecule has 0 fully saturated rings. The van der Waals surface area contributed by atoms with Crippen LogP contribution in [0.4, 0.5) is 0 Å². The Balaban J connectivity index is 2.57. The minimum atomic E-state index is 0.351. The van der Waals surface area contributed by atoms with Crippen LogP contribution in [0, 0.1) is 11.3 Å². The van der Waals surface area contributed by atoms with E-state index in [9.17, 15) is 5.11 Å². The second kappa shape index (κ2) is 7.57. The number of rotatable bonds is 7. The number of phenolic OH excluding ortho intramolecular Hbond substituents is 1. The Bertz CT molecular complexity index is 345. The van der Waals surface area contributed by atoms with Crippen molar-refractivity contribution in [2.24, 2.45) is 11.3 Å². The number of benzene rings is 1. The zero-order valence-corrected chi connectivity index (χ0v) is 13.1. The van der Waals surface area contributed by atoms with E-state index in [0.29, 0.717) is 17.1 Å². The molecular formula is C18H30O. The summed E-state index contributed by atoms with van der Waals surface area (Å²) in [5, 5.41) is 9.35. The van der Waals surface area contributed by atoms with Crippen LogP contribution in [0.1, 0.15) is 65.4 Å². The molecule has 0 radical (unpaired) electrons. The van der Waals surface area contributed by atoms with Gasteiger partial charge in [-0.2, -0.15) is 0 Å². The summed E-state index contributed by atoms with van der Waals surface area (Å²) in [6, 6.07) is 7.71. The molecule has 108 valence electrons. The Morgan fingerprint density at radius 2 is 1.63 bits per heavy atom. The molecule has 0 amide bonds. The average Bonchev–Trinajstić information content (AvgIpc) is 2.34. The topological polar surface area (TPSA) is 20.2 Å². The molecule has 0 aromatic heterocycles. The van der Waals surface area contributed by atoms with E-state index in [4.69, 9.17) is 0 Å². The van der Waals surface area contributed by atoms with E-state index in [0.717, 1.165) is 6.42 Å². The zero-order valence-electron chi connectivity index (χ0n) is 13.1. The number of hydrogen-bond donors (Lipinski definition) is 1. The summed E-state index contributed by atoms with van der Waals surface area (Å²) >= 11 is 0. The van der Waals surface area contributed by atoms with Crippen LogP contribution in [0.2, 0.25) is 0 Å². The molecule has 1 heteroatoms. The third-order valence-corrected chi connectivity index (χ3v) is 4.05. The fourth-order valence-electron chi connectivity index (χ4n) is 2.58. The molecule has 0 heterocycles. The lowest BCUT2D eigenvalue weighted by molar-refractivity contribution is 0.218. The first-order chi connectivity index (χ1) is 8.93. The number of unbranched alkanes of at least 4 members (excludes halogenated alkanes) is 3. The number of aromatic hydroxyl groups is 1. The van der Waals surface area contributed by atoms with E-state index in [1.54, 1.807) is 12.1 Å². The molecule has 0 aliphatic carbocycles. The highest BCUT2D eigenvalue weighted by Crippen LogP contribution is 2.33. The van der Waals surface area contributed by atoms with Crippen molar-refractivity contribution in [1.29, 1.82) is 0 Å². The smallest absolute Gasteiger partial charge is 0.115 e. The lowest BCUT2D eigenvalue weighted by Crippen LogP contribution is -2.22. The van der Waals surface area contributed by atoms with E-state index in [1.807, 2.05) is 0 Å². The predicted molar refractivity (Wildman–Crippen MR) is 83.5 cm³/mol. The summed E-state index contributed by atoms with van der Waals surface area (Å²) in [6.45, 7) is 9.30. The molecule has 1 rings (SSSR count). The first kappa shape index (κ1) is 16.1. The van der Waals surface area contributed by atoms with Crippen molar-refractivity contribution in [3.05, 3.63) is 29.8 Å². The molecule has 1 aromatic carbocycles. The molecular weight excluding hydrogens is 232 g/mol. The third kappa shape index (κ3) is 6.13. The van der Waals surface area contributed by atoms with Crippen LogP contribution in [0.25, 0.3) is 0 Å². The summed E-state index contributed by atoms with van der Waals surface area (Å²) in [5.74, 6) is 1.08. The molecule has 0 aliphatic heterocycles. The fourth-order valence-corrected chi connectivity index (χ4v) is 2.58. The molecule has 1 atom stereocenters. The van der Waals surface area contributed by atoms with Gasteiger partial charge in [0.2, 0.25) is 0 Å². The van der Waals surface area contributed by atoms with Crippen molar-refractivity contribution in [2.45, 2.75) is 66.2 Å². The average molecular weight is 262 g/mol. The van der Waals surface area contributed by atoms with Crippen molar-refractivity contribution in [3.63, 3.8) is 0 Å². The van der Waals surface area contributed by atoms with Crippen molar-refractivity contribution >= 4 is 0 Å². The molecule has 1 nitrogen and oxygen atoms in total. The van der Waals surface area contributed by atoms with Crippen LogP contribution in [0.5, 0.6) is 5.75 Å². The Labute approximate surface area is 119 Å². The second-order valence-corrected chi connectivity index (χ2v) is 6.78. The largest absolute Gasteiger partial charge is 0.508 e. The zero-order chi connectivity index (χ0) is 14.3. The third-order valence-electron chi connectivity index (χ3n) is 4.05. The molecule has 1 N–H and O–H groups in total. The van der Waals surface area contributed by atoms with Gasteiger partial charge in [0.15, 0.2) is 0 Å². The normalized spacial score (nSPS) is 13.5. The molecule has 0 saturated heterocycles. The van der Waals surface area contributed by atoms with E-state index < -0.39 is 0 Å². The van der Waals surface area contributed by atoms with Crippen molar-refractivity contribution < 1.29 is 5.11 Å². The Hall–Kier alpha value is -0.980. The van der Waals surface area contributed by atoms with Gasteiger partial charge in [0.25, 0.3) is 0 Å². The monoisotopic (exact) mass is 262 g/mol. The lowest BCUT2D eigenvalue weighted by atomic mass is 9.74. The summed E-state index contributed by atoms with van der Waals surface area (Å²) in [7, 11) is 0. The van der Waals surface area contributed by atoms with Gasteiger partial charge in [-0.1, -0.05) is 65.5 Å². The van der Waals surface area contributed by atoms with Crippen LogP contribution in [0.15, 0.2) is 24.3 Å². The molecule has 0 aliphatic rings. The van der Waals surface area contributed by atoms with Crippen LogP contribution in [0.3, 0.4) is 0 Å². The van der Waals surface area contributed by atoms with Gasteiger partial charge in [-0.05, 0) is 41.9 Å². The van der Waals surface area contributed by atoms with E-state index in [2.05, 4.69) is 39.8 Å². The molecule has 19 heavy (non-hydrogen) atoms. The molecule has 1 unspecified atom stereocenters. The van der Waals surface area contributed by atoms with Gasteiger partial charge in [-0.3, -0.25) is 0 Å². The van der Waals surface area contributed by atoms with Crippen LogP contribution < -0.4 is 0 Å². The predicted octanol–water partition coefficient (Wildman–Crippen LogP) is 5.57. The van der Waals surface area contributed by atoms with Crippen molar-refractivity contribution in [1.82, 2.24) is 0 Å². The van der Waals surface area contributed by atoms with Crippen LogP contribution >= 0.6 is 0 Å². The molecule has 0 spiro atoms. The van der Waals surface area contributed by atoms with E-state index >= 15 is 0 Å². The van der Waals surface area contributed by atoms with Gasteiger partial charge in [-0.15, -0.1) is 0 Å². The fraction of sp³-hybridized carbons (Fsp3) is 0.667. The first-order valence-electron chi connectivity index (χ1n) is 7.71. The van der Waals surface area contributed by atoms with E-state index in [1.165, 1.54) is 37.7 Å². The standard InChI is InChI=1S/C18H30O/c1-5-6-7-8-9-16(18(2,3)4)14-15-10-12-17(19)13-11-15/h10-13,16,19H,5-9,14H2,1-4H3. The Morgan fingerprint density at radius 3 is 2.16 bits per heavy atom. The first-order valence-corrected chi connectivity index (χ1v) is 7.71. The number of phenols is 1. The molecule has 0 bridgehead atoms. The summed E-state index contributed by atoms with van der Waals surface area (Å²) in [5.41, 5.74) is 1.69. The maximum absolute atomic E-state index is 9.35. The SMILES string of the molecule is CCCCCCC(Cc1ccc(O)cc1)C(C)(C)C. The molecule has 0 saturated carbocycles. The Kier molecular flexibility index (Phi) is 6.41. The highest BCUT2D eigenvalue weighted by molar-refractivity contribution is 5.26. The summed E-state index contributed by atoms with van der Waals surface area (Å²) < 4.78 is 0. The van der Waals surface area contributed by atoms with E-state index in [-0.39, 0.29) is 0 Å². The maximum Gasteiger partial charge on any atom is 0.115 e. The maximum atomic E-state index is 9.35. The lowest BCUT2D eigenvalue weighted by Gasteiger charge is -2.31. The quantitative estimate of drug-likeness (QED) is 0.637. The minimum Gasteiger partial charge on any atom is -0.508 e. The van der Waals surface area contributed by atoms with Crippen LogP contribution in [-0.4, -0.2) is 5.11 Å². The number of hydrogen-bond acceptors (Lipinski definition) is 1. The summed E-state index contributed by atoms with van der Waals surface area (Å²) in [6.07, 6.45) is 7.79. The van der Waals surface area contributed by atoms with Gasteiger partial charge in [-0.25, -0.2) is 0 Å². The minimum absolute atomic E-state index is 0.351. The Morgan fingerprint density at radius 1 is 1.00 bits per heavy atom. The second-order valence-electron chi connectivity index (χ2n) is 6.78. The highest BCUT2D eigenvalue weighted by Gasteiger charge is 2.24. The van der Waals surface area contributed by atoms with Crippen LogP contribution in [-0.2, 0) is 6.42 Å². The van der Waals surface area contributed by atoms with Gasteiger partial charge in [0.1, 0.15) is 5.75 Å². The van der Waals surface area contributed by atoms with Gasteiger partial charge in [0, 0.05) is 0 Å². The van der Waals surface area contributed by atoms with Crippen molar-refractivity contribution in [3.8, 4) is 5.75 Å². The highest BCUT2D eigenvalue weighted by atomic mass is 16.3. The molecule has 1 aromatic rings. The van der Waals surface area contributed by atoms with Crippen molar-refractivity contribution in [2.75, 3.05) is 0 Å². The van der Waals surface area contributed by atoms with Gasteiger partial charge >= 0.3 is 0 Å². The summed E-state index contributed by atoms with van der Waals surface area (Å²) in [4.78, 5) is 0.